The van der Waals surface area contributed by atoms with E-state index in [1.165, 1.54) is 0 Å². The summed E-state index contributed by atoms with van der Waals surface area (Å²) in [5.74, 6) is 1.79. The standard InChI is InChI=1S/C18H23N5O2/c1-13(2)18-19-17(25-21-18)12-23-9-7-22(8-10-23)11-15-14-5-3-4-6-16(14)24-20-15/h3-6,13H,7-12H2,1-2H3. The fraction of sp³-hybridized carbons (Fsp3) is 0.500. The normalized spacial score (nSPS) is 16.9. The van der Waals surface area contributed by atoms with E-state index >= 15 is 0 Å². The highest BCUT2D eigenvalue weighted by molar-refractivity contribution is 5.79. The van der Waals surface area contributed by atoms with Crippen molar-refractivity contribution < 1.29 is 9.05 Å². The molecule has 0 radical (unpaired) electrons. The molecule has 1 aliphatic rings. The minimum absolute atomic E-state index is 0.298. The number of hydrogen-bond acceptors (Lipinski definition) is 7. The highest BCUT2D eigenvalue weighted by Crippen LogP contribution is 2.20. The van der Waals surface area contributed by atoms with E-state index in [2.05, 4.69) is 45.0 Å². The molecule has 3 heterocycles. The van der Waals surface area contributed by atoms with Crippen LogP contribution in [0.25, 0.3) is 11.0 Å². The maximum Gasteiger partial charge on any atom is 0.240 e. The van der Waals surface area contributed by atoms with Crippen molar-refractivity contribution in [2.75, 3.05) is 26.2 Å². The molecule has 1 fully saturated rings. The molecule has 1 aliphatic heterocycles. The summed E-state index contributed by atoms with van der Waals surface area (Å²) in [4.78, 5) is 9.23. The molecule has 2 aromatic heterocycles. The van der Waals surface area contributed by atoms with Gasteiger partial charge in [-0.25, -0.2) is 0 Å². The average molecular weight is 341 g/mol. The van der Waals surface area contributed by atoms with Crippen molar-refractivity contribution in [2.45, 2.75) is 32.9 Å². The Bertz CT molecular complexity index is 833. The second kappa shape index (κ2) is 6.93. The van der Waals surface area contributed by atoms with E-state index in [9.17, 15) is 0 Å². The molecular formula is C18H23N5O2. The summed E-state index contributed by atoms with van der Waals surface area (Å²) in [7, 11) is 0. The third-order valence-electron chi connectivity index (χ3n) is 4.65. The van der Waals surface area contributed by atoms with Crippen molar-refractivity contribution in [3.63, 3.8) is 0 Å². The van der Waals surface area contributed by atoms with Gasteiger partial charge >= 0.3 is 0 Å². The zero-order valence-electron chi connectivity index (χ0n) is 14.7. The summed E-state index contributed by atoms with van der Waals surface area (Å²) in [6, 6.07) is 8.02. The van der Waals surface area contributed by atoms with E-state index in [0.717, 1.165) is 61.8 Å². The van der Waals surface area contributed by atoms with E-state index < -0.39 is 0 Å². The van der Waals surface area contributed by atoms with E-state index in [4.69, 9.17) is 9.05 Å². The van der Waals surface area contributed by atoms with Crippen molar-refractivity contribution in [3.05, 3.63) is 41.7 Å². The quantitative estimate of drug-likeness (QED) is 0.706. The van der Waals surface area contributed by atoms with Crippen molar-refractivity contribution >= 4 is 11.0 Å². The van der Waals surface area contributed by atoms with Crippen LogP contribution in [0.5, 0.6) is 0 Å². The van der Waals surface area contributed by atoms with Crippen LogP contribution in [0.1, 0.15) is 37.2 Å². The third kappa shape index (κ3) is 3.57. The van der Waals surface area contributed by atoms with Gasteiger partial charge in [0.1, 0.15) is 5.69 Å². The molecule has 0 bridgehead atoms. The van der Waals surface area contributed by atoms with Crippen LogP contribution in [0.3, 0.4) is 0 Å². The van der Waals surface area contributed by atoms with Gasteiger partial charge in [-0.15, -0.1) is 0 Å². The number of hydrogen-bond donors (Lipinski definition) is 0. The van der Waals surface area contributed by atoms with Gasteiger partial charge in [0.25, 0.3) is 0 Å². The molecule has 3 aromatic rings. The Morgan fingerprint density at radius 2 is 1.68 bits per heavy atom. The van der Waals surface area contributed by atoms with Gasteiger partial charge in [-0.3, -0.25) is 9.80 Å². The summed E-state index contributed by atoms with van der Waals surface area (Å²) < 4.78 is 10.7. The van der Waals surface area contributed by atoms with Gasteiger partial charge in [-0.05, 0) is 12.1 Å². The number of rotatable bonds is 5. The van der Waals surface area contributed by atoms with Crippen LogP contribution in [0.2, 0.25) is 0 Å². The van der Waals surface area contributed by atoms with Crippen LogP contribution in [0.15, 0.2) is 33.3 Å². The zero-order chi connectivity index (χ0) is 17.2. The lowest BCUT2D eigenvalue weighted by molar-refractivity contribution is 0.110. The summed E-state index contributed by atoms with van der Waals surface area (Å²) >= 11 is 0. The number of aromatic nitrogens is 3. The fourth-order valence-corrected chi connectivity index (χ4v) is 3.13. The first-order valence-corrected chi connectivity index (χ1v) is 8.79. The van der Waals surface area contributed by atoms with E-state index in [-0.39, 0.29) is 0 Å². The lowest BCUT2D eigenvalue weighted by Gasteiger charge is -2.33. The molecule has 7 heteroatoms. The second-order valence-electron chi connectivity index (χ2n) is 6.88. The van der Waals surface area contributed by atoms with Gasteiger partial charge < -0.3 is 9.05 Å². The highest BCUT2D eigenvalue weighted by atomic mass is 16.5. The first-order valence-electron chi connectivity index (χ1n) is 8.79. The first-order chi connectivity index (χ1) is 12.2. The topological polar surface area (TPSA) is 71.4 Å². The maximum absolute atomic E-state index is 5.40. The van der Waals surface area contributed by atoms with E-state index in [1.807, 2.05) is 18.2 Å². The van der Waals surface area contributed by atoms with Crippen molar-refractivity contribution in [1.29, 1.82) is 0 Å². The van der Waals surface area contributed by atoms with Crippen LogP contribution < -0.4 is 0 Å². The molecule has 0 atom stereocenters. The number of benzene rings is 1. The summed E-state index contributed by atoms with van der Waals surface area (Å²) in [5, 5.41) is 9.37. The molecular weight excluding hydrogens is 318 g/mol. The first kappa shape index (κ1) is 16.2. The summed E-state index contributed by atoms with van der Waals surface area (Å²) in [5.41, 5.74) is 1.87. The lowest BCUT2D eigenvalue weighted by atomic mass is 10.2. The molecule has 0 amide bonds. The van der Waals surface area contributed by atoms with Gasteiger partial charge in [0.15, 0.2) is 11.4 Å². The SMILES string of the molecule is CC(C)c1noc(CN2CCN(Cc3noc4ccccc34)CC2)n1. The monoisotopic (exact) mass is 341 g/mol. The molecule has 0 unspecified atom stereocenters. The van der Waals surface area contributed by atoms with Crippen LogP contribution in [-0.4, -0.2) is 51.3 Å². The van der Waals surface area contributed by atoms with Crippen LogP contribution in [-0.2, 0) is 13.1 Å². The zero-order valence-corrected chi connectivity index (χ0v) is 14.7. The van der Waals surface area contributed by atoms with Gasteiger partial charge in [0.05, 0.1) is 6.54 Å². The van der Waals surface area contributed by atoms with Crippen LogP contribution >= 0.6 is 0 Å². The van der Waals surface area contributed by atoms with Gasteiger partial charge in [0, 0.05) is 44.0 Å². The Morgan fingerprint density at radius 3 is 2.40 bits per heavy atom. The molecule has 4 rings (SSSR count). The van der Waals surface area contributed by atoms with Crippen molar-refractivity contribution in [3.8, 4) is 0 Å². The Kier molecular flexibility index (Phi) is 4.50. The molecule has 132 valence electrons. The van der Waals surface area contributed by atoms with Gasteiger partial charge in [-0.2, -0.15) is 4.98 Å². The van der Waals surface area contributed by atoms with Crippen LogP contribution in [0, 0.1) is 0 Å². The minimum Gasteiger partial charge on any atom is -0.356 e. The largest absolute Gasteiger partial charge is 0.356 e. The Balaban J connectivity index is 1.32. The number of nitrogens with zero attached hydrogens (tertiary/aromatic N) is 5. The highest BCUT2D eigenvalue weighted by Gasteiger charge is 2.21. The summed E-state index contributed by atoms with van der Waals surface area (Å²) in [6.45, 7) is 9.63. The molecule has 0 saturated carbocycles. The van der Waals surface area contributed by atoms with Gasteiger partial charge in [-0.1, -0.05) is 36.3 Å². The average Bonchev–Trinajstić information content (AvgIpc) is 3.24. The van der Waals surface area contributed by atoms with Crippen molar-refractivity contribution in [1.82, 2.24) is 25.1 Å². The Morgan fingerprint density at radius 1 is 0.960 bits per heavy atom. The van der Waals surface area contributed by atoms with Gasteiger partial charge in [0.2, 0.25) is 5.89 Å². The third-order valence-corrected chi connectivity index (χ3v) is 4.65. The Hall–Kier alpha value is -2.25. The minimum atomic E-state index is 0.298. The smallest absolute Gasteiger partial charge is 0.240 e. The molecule has 1 saturated heterocycles. The number of piperazine rings is 1. The maximum atomic E-state index is 5.40. The fourth-order valence-electron chi connectivity index (χ4n) is 3.13. The molecule has 25 heavy (non-hydrogen) atoms. The molecule has 0 aliphatic carbocycles. The second-order valence-corrected chi connectivity index (χ2v) is 6.88. The van der Waals surface area contributed by atoms with E-state index in [1.54, 1.807) is 0 Å². The molecule has 1 aromatic carbocycles. The molecule has 0 spiro atoms. The number of para-hydroxylation sites is 1. The predicted octanol–water partition coefficient (Wildman–Crippen LogP) is 2.65. The lowest BCUT2D eigenvalue weighted by Crippen LogP contribution is -2.45. The van der Waals surface area contributed by atoms with Crippen LogP contribution in [0.4, 0.5) is 0 Å². The number of fused-ring (bicyclic) bond motifs is 1. The molecule has 7 nitrogen and oxygen atoms in total. The molecule has 0 N–H and O–H groups in total. The van der Waals surface area contributed by atoms with Crippen molar-refractivity contribution in [2.24, 2.45) is 0 Å². The van der Waals surface area contributed by atoms with E-state index in [0.29, 0.717) is 11.8 Å². The predicted molar refractivity (Wildman–Crippen MR) is 93.0 cm³/mol. The Labute approximate surface area is 146 Å². The summed E-state index contributed by atoms with van der Waals surface area (Å²) in [6.07, 6.45) is 0.